The van der Waals surface area contributed by atoms with Crippen LogP contribution in [0.3, 0.4) is 0 Å². The van der Waals surface area contributed by atoms with Crippen LogP contribution in [-0.4, -0.2) is 10.1 Å². The fourth-order valence-electron chi connectivity index (χ4n) is 4.45. The van der Waals surface area contributed by atoms with E-state index in [4.69, 9.17) is 4.84 Å². The third kappa shape index (κ3) is 4.61. The Balaban J connectivity index is 1.65. The number of oxime groups is 1. The second-order valence-electron chi connectivity index (χ2n) is 7.94. The number of rotatable bonds is 8. The molecule has 3 aromatic rings. The van der Waals surface area contributed by atoms with E-state index in [9.17, 15) is 0 Å². The van der Waals surface area contributed by atoms with Crippen molar-refractivity contribution in [1.29, 1.82) is 0 Å². The van der Waals surface area contributed by atoms with Gasteiger partial charge in [0.15, 0.2) is 0 Å². The normalized spacial score (nSPS) is 19.2. The third-order valence-corrected chi connectivity index (χ3v) is 7.68. The second kappa shape index (κ2) is 10.3. The van der Waals surface area contributed by atoms with E-state index in [1.54, 1.807) is 0 Å². The molecule has 0 saturated heterocycles. The fourth-order valence-corrected chi connectivity index (χ4v) is 5.61. The topological polar surface area (TPSA) is 21.6 Å². The maximum atomic E-state index is 6.45. The number of nitrogens with zero attached hydrogens (tertiary/aromatic N) is 1. The molecule has 30 heavy (non-hydrogen) atoms. The predicted octanol–water partition coefficient (Wildman–Crippen LogP) is 7.36. The lowest BCUT2D eigenvalue weighted by atomic mass is 9.80. The van der Waals surface area contributed by atoms with Crippen molar-refractivity contribution in [3.63, 3.8) is 0 Å². The summed E-state index contributed by atoms with van der Waals surface area (Å²) in [4.78, 5) is 6.45. The third-order valence-electron chi connectivity index (χ3n) is 6.04. The molecule has 0 heterocycles. The standard InChI is InChI=1S/C27H28INO/c28-26-20-10-12-22(26)13-11-21-29-30-27(23-14-4-1-5-15-23,24-16-6-2-7-17-24)25-18-8-3-9-19-25/h1-9,14-19,21-22,26H,10-13,20H2/b29-21+. The Kier molecular flexibility index (Phi) is 7.21. The van der Waals surface area contributed by atoms with Crippen LogP contribution in [0.15, 0.2) is 96.2 Å². The van der Waals surface area contributed by atoms with E-state index in [-0.39, 0.29) is 0 Å². The smallest absolute Gasteiger partial charge is 0.212 e. The monoisotopic (exact) mass is 509 g/mol. The van der Waals surface area contributed by atoms with E-state index >= 15 is 0 Å². The zero-order valence-corrected chi connectivity index (χ0v) is 19.3. The molecular formula is C27H28INO. The first-order chi connectivity index (χ1) is 14.8. The van der Waals surface area contributed by atoms with Crippen molar-refractivity contribution >= 4 is 28.8 Å². The van der Waals surface area contributed by atoms with E-state index < -0.39 is 5.60 Å². The molecule has 0 aliphatic heterocycles. The summed E-state index contributed by atoms with van der Waals surface area (Å²) in [5.74, 6) is 0.819. The lowest BCUT2D eigenvalue weighted by molar-refractivity contribution is 0.0178. The van der Waals surface area contributed by atoms with Crippen molar-refractivity contribution in [1.82, 2.24) is 0 Å². The highest BCUT2D eigenvalue weighted by molar-refractivity contribution is 14.1. The van der Waals surface area contributed by atoms with Crippen LogP contribution in [0.1, 0.15) is 48.8 Å². The summed E-state index contributed by atoms with van der Waals surface area (Å²) in [6, 6.07) is 31.2. The molecule has 0 amide bonds. The second-order valence-corrected chi connectivity index (χ2v) is 9.54. The van der Waals surface area contributed by atoms with Crippen LogP contribution in [0, 0.1) is 5.92 Å². The molecule has 1 saturated carbocycles. The molecule has 2 unspecified atom stereocenters. The van der Waals surface area contributed by atoms with Gasteiger partial charge in [-0.25, -0.2) is 0 Å². The van der Waals surface area contributed by atoms with Crippen LogP contribution >= 0.6 is 22.6 Å². The molecule has 0 spiro atoms. The molecule has 2 nitrogen and oxygen atoms in total. The van der Waals surface area contributed by atoms with Crippen LogP contribution in [-0.2, 0) is 10.4 Å². The SMILES string of the molecule is IC1CCCC1CC/C=N/OC(c1ccccc1)(c1ccccc1)c1ccccc1. The fraction of sp³-hybridized carbons (Fsp3) is 0.296. The molecule has 4 rings (SSSR count). The molecule has 2 atom stereocenters. The predicted molar refractivity (Wildman–Crippen MR) is 133 cm³/mol. The van der Waals surface area contributed by atoms with Crippen molar-refractivity contribution in [2.75, 3.05) is 0 Å². The summed E-state index contributed by atoms with van der Waals surface area (Å²) in [5, 5.41) is 4.53. The quantitative estimate of drug-likeness (QED) is 0.102. The Morgan fingerprint density at radius 2 is 1.30 bits per heavy atom. The van der Waals surface area contributed by atoms with Gasteiger partial charge in [0.1, 0.15) is 0 Å². The number of halogens is 1. The molecule has 0 aromatic heterocycles. The van der Waals surface area contributed by atoms with Gasteiger partial charge in [0.25, 0.3) is 0 Å². The molecule has 3 heteroatoms. The van der Waals surface area contributed by atoms with Crippen molar-refractivity contribution < 1.29 is 4.84 Å². The van der Waals surface area contributed by atoms with Crippen molar-refractivity contribution in [2.45, 2.75) is 41.6 Å². The van der Waals surface area contributed by atoms with Gasteiger partial charge in [-0.15, -0.1) is 0 Å². The molecular weight excluding hydrogens is 481 g/mol. The molecule has 0 N–H and O–H groups in total. The maximum Gasteiger partial charge on any atom is 0.212 e. The van der Waals surface area contributed by atoms with Crippen LogP contribution in [0.2, 0.25) is 0 Å². The van der Waals surface area contributed by atoms with Gasteiger partial charge in [-0.2, -0.15) is 0 Å². The minimum absolute atomic E-state index is 0.778. The summed E-state index contributed by atoms with van der Waals surface area (Å²) in [7, 11) is 0. The highest BCUT2D eigenvalue weighted by Crippen LogP contribution is 2.40. The van der Waals surface area contributed by atoms with E-state index in [1.165, 1.54) is 25.7 Å². The molecule has 3 aromatic carbocycles. The summed E-state index contributed by atoms with van der Waals surface area (Å²) in [6.45, 7) is 0. The molecule has 1 aliphatic carbocycles. The van der Waals surface area contributed by atoms with Crippen LogP contribution in [0.4, 0.5) is 0 Å². The van der Waals surface area contributed by atoms with Gasteiger partial charge in [-0.3, -0.25) is 0 Å². The van der Waals surface area contributed by atoms with Crippen molar-refractivity contribution in [3.8, 4) is 0 Å². The number of alkyl halides is 1. The van der Waals surface area contributed by atoms with Gasteiger partial charge in [0.05, 0.1) is 0 Å². The van der Waals surface area contributed by atoms with E-state index in [0.29, 0.717) is 0 Å². The molecule has 0 bridgehead atoms. The van der Waals surface area contributed by atoms with Crippen LogP contribution in [0.25, 0.3) is 0 Å². The zero-order chi connectivity index (χ0) is 20.7. The first kappa shape index (κ1) is 21.1. The number of benzene rings is 3. The van der Waals surface area contributed by atoms with E-state index in [2.05, 4.69) is 101 Å². The Morgan fingerprint density at radius 1 is 0.800 bits per heavy atom. The van der Waals surface area contributed by atoms with E-state index in [0.717, 1.165) is 33.0 Å². The minimum atomic E-state index is -0.778. The first-order valence-corrected chi connectivity index (χ1v) is 12.1. The van der Waals surface area contributed by atoms with Crippen molar-refractivity contribution in [2.24, 2.45) is 11.1 Å². The first-order valence-electron chi connectivity index (χ1n) is 10.8. The Bertz CT molecular complexity index is 830. The number of hydrogen-bond donors (Lipinski definition) is 0. The largest absolute Gasteiger partial charge is 0.375 e. The van der Waals surface area contributed by atoms with Gasteiger partial charge in [-0.1, -0.05) is 125 Å². The lowest BCUT2D eigenvalue weighted by Crippen LogP contribution is -2.31. The van der Waals surface area contributed by atoms with Gasteiger partial charge in [0.2, 0.25) is 5.60 Å². The van der Waals surface area contributed by atoms with Gasteiger partial charge in [-0.05, 0) is 31.6 Å². The van der Waals surface area contributed by atoms with Gasteiger partial charge in [0, 0.05) is 26.8 Å². The van der Waals surface area contributed by atoms with Crippen LogP contribution in [0.5, 0.6) is 0 Å². The lowest BCUT2D eigenvalue weighted by Gasteiger charge is -2.33. The summed E-state index contributed by atoms with van der Waals surface area (Å²) in [5.41, 5.74) is 2.44. The summed E-state index contributed by atoms with van der Waals surface area (Å²) < 4.78 is 0.814. The van der Waals surface area contributed by atoms with Crippen molar-refractivity contribution in [3.05, 3.63) is 108 Å². The Labute approximate surface area is 193 Å². The summed E-state index contributed by atoms with van der Waals surface area (Å²) >= 11 is 2.62. The summed E-state index contributed by atoms with van der Waals surface area (Å²) in [6.07, 6.45) is 8.19. The van der Waals surface area contributed by atoms with Crippen LogP contribution < -0.4 is 0 Å². The molecule has 154 valence electrons. The minimum Gasteiger partial charge on any atom is -0.375 e. The van der Waals surface area contributed by atoms with E-state index in [1.807, 2.05) is 24.4 Å². The molecule has 1 aliphatic rings. The Hall–Kier alpha value is -2.14. The average molecular weight is 509 g/mol. The average Bonchev–Trinajstić information content (AvgIpc) is 3.23. The zero-order valence-electron chi connectivity index (χ0n) is 17.2. The van der Waals surface area contributed by atoms with Gasteiger partial charge < -0.3 is 4.84 Å². The van der Waals surface area contributed by atoms with Gasteiger partial charge >= 0.3 is 0 Å². The maximum absolute atomic E-state index is 6.45. The molecule has 0 radical (unpaired) electrons. The Morgan fingerprint density at radius 3 is 1.73 bits per heavy atom. The highest BCUT2D eigenvalue weighted by Gasteiger charge is 2.39. The number of hydrogen-bond acceptors (Lipinski definition) is 2. The molecule has 1 fully saturated rings. The highest BCUT2D eigenvalue weighted by atomic mass is 127.